The molecule has 3 aliphatic rings. The summed E-state index contributed by atoms with van der Waals surface area (Å²) in [5.74, 6) is -0.398. The quantitative estimate of drug-likeness (QED) is 0.621. The fourth-order valence-corrected chi connectivity index (χ4v) is 7.20. The molecule has 3 aliphatic carbocycles. The van der Waals surface area contributed by atoms with Crippen LogP contribution < -0.4 is 5.73 Å². The topological polar surface area (TPSA) is 111 Å². The van der Waals surface area contributed by atoms with Crippen molar-refractivity contribution in [2.45, 2.75) is 78.4 Å². The highest BCUT2D eigenvalue weighted by atomic mass is 16.6. The molecule has 0 amide bonds. The van der Waals surface area contributed by atoms with E-state index in [1.165, 1.54) is 0 Å². The summed E-state index contributed by atoms with van der Waals surface area (Å²) < 4.78 is 5.84. The van der Waals surface area contributed by atoms with Crippen molar-refractivity contribution in [3.05, 3.63) is 0 Å². The fraction of sp³-hybridized carbons (Fsp3) is 0.909. The van der Waals surface area contributed by atoms with Gasteiger partial charge in [0.25, 0.3) is 0 Å². The fourth-order valence-electron chi connectivity index (χ4n) is 7.20. The van der Waals surface area contributed by atoms with Crippen LogP contribution in [0.4, 0.5) is 0 Å². The van der Waals surface area contributed by atoms with E-state index in [1.54, 1.807) is 0 Å². The number of esters is 1. The van der Waals surface area contributed by atoms with Gasteiger partial charge in [-0.15, -0.1) is 0 Å². The predicted octanol–water partition coefficient (Wildman–Crippen LogP) is 1.33. The molecule has 0 aromatic rings. The summed E-state index contributed by atoms with van der Waals surface area (Å²) in [6.07, 6.45) is 3.35. The molecule has 0 heterocycles. The van der Waals surface area contributed by atoms with Gasteiger partial charge in [-0.1, -0.05) is 27.7 Å². The summed E-state index contributed by atoms with van der Waals surface area (Å²) >= 11 is 0. The Hall–Kier alpha value is -0.980. The number of Topliss-reactive ketones (excluding diaryl/α,β-unsaturated/α-hetero) is 1. The average molecular weight is 397 g/mol. The van der Waals surface area contributed by atoms with E-state index in [0.717, 1.165) is 25.7 Å². The number of ether oxygens (including phenoxy) is 1. The van der Waals surface area contributed by atoms with Crippen molar-refractivity contribution in [2.75, 3.05) is 13.2 Å². The molecule has 0 radical (unpaired) electrons. The summed E-state index contributed by atoms with van der Waals surface area (Å²) in [5.41, 5.74) is 2.82. The molecule has 0 aliphatic heterocycles. The Bertz CT molecular complexity index is 638. The third-order valence-corrected chi connectivity index (χ3v) is 9.05. The summed E-state index contributed by atoms with van der Waals surface area (Å²) in [6.45, 7) is 8.48. The predicted molar refractivity (Wildman–Crippen MR) is 104 cm³/mol. The number of aliphatic hydroxyl groups is 2. The summed E-state index contributed by atoms with van der Waals surface area (Å²) in [7, 11) is 0. The maximum Gasteiger partial charge on any atom is 0.332 e. The minimum atomic E-state index is -0.671. The number of hydrogen-bond donors (Lipinski definition) is 3. The Balaban J connectivity index is 2.19. The molecule has 28 heavy (non-hydrogen) atoms. The van der Waals surface area contributed by atoms with Crippen LogP contribution in [0, 0.1) is 34.0 Å². The first-order chi connectivity index (χ1) is 13.1. The minimum absolute atomic E-state index is 0.00168. The van der Waals surface area contributed by atoms with Crippen LogP contribution in [-0.4, -0.2) is 47.3 Å². The van der Waals surface area contributed by atoms with E-state index in [9.17, 15) is 19.8 Å². The first-order valence-corrected chi connectivity index (χ1v) is 10.9. The third kappa shape index (κ3) is 2.94. The maximum absolute atomic E-state index is 13.2. The molecule has 8 atom stereocenters. The molecule has 0 saturated heterocycles. The average Bonchev–Trinajstić information content (AvgIpc) is 3.01. The monoisotopic (exact) mass is 396 g/mol. The van der Waals surface area contributed by atoms with Crippen molar-refractivity contribution in [1.82, 2.24) is 0 Å². The summed E-state index contributed by atoms with van der Waals surface area (Å²) in [5, 5.41) is 20.8. The van der Waals surface area contributed by atoms with Gasteiger partial charge in [-0.2, -0.15) is 0 Å². The van der Waals surface area contributed by atoms with E-state index in [1.807, 2.05) is 0 Å². The Morgan fingerprint density at radius 2 is 1.96 bits per heavy atom. The van der Waals surface area contributed by atoms with Crippen LogP contribution in [-0.2, 0) is 14.3 Å². The van der Waals surface area contributed by atoms with Gasteiger partial charge < -0.3 is 20.7 Å². The Kier molecular flexibility index (Phi) is 5.72. The van der Waals surface area contributed by atoms with Crippen molar-refractivity contribution in [3.8, 4) is 0 Å². The summed E-state index contributed by atoms with van der Waals surface area (Å²) in [4.78, 5) is 25.3. The number of hydrogen-bond acceptors (Lipinski definition) is 5. The molecule has 6 nitrogen and oxygen atoms in total. The number of rotatable bonds is 4. The molecule has 0 aromatic heterocycles. The highest BCUT2D eigenvalue weighted by Crippen LogP contribution is 2.68. The standard InChI is InChI=1S/C22H37NO5/c1-13-5-7-22-8-6-15(25)18(22)21(13,4)16(28-17(26)12-24)11-20(3,9-10-23)19(27)14(22)2/h13-14,16,18-19,24,27H,5-12,23H2,1-4H3/p+1/t13-,14+,16-,18+,19+,20+,21+,22+/m1/s1. The summed E-state index contributed by atoms with van der Waals surface area (Å²) in [6, 6.07) is 0. The van der Waals surface area contributed by atoms with Gasteiger partial charge in [0.05, 0.1) is 12.6 Å². The van der Waals surface area contributed by atoms with Crippen molar-refractivity contribution >= 4 is 11.8 Å². The van der Waals surface area contributed by atoms with Gasteiger partial charge in [0.2, 0.25) is 0 Å². The van der Waals surface area contributed by atoms with Gasteiger partial charge in [0, 0.05) is 29.6 Å². The largest absolute Gasteiger partial charge is 0.460 e. The zero-order valence-corrected chi connectivity index (χ0v) is 17.9. The second kappa shape index (κ2) is 7.37. The zero-order valence-electron chi connectivity index (χ0n) is 17.9. The molecule has 2 bridgehead atoms. The van der Waals surface area contributed by atoms with E-state index in [4.69, 9.17) is 4.74 Å². The van der Waals surface area contributed by atoms with Crippen LogP contribution in [0.3, 0.4) is 0 Å². The second-order valence-corrected chi connectivity index (χ2v) is 10.3. The van der Waals surface area contributed by atoms with Crippen molar-refractivity contribution in [1.29, 1.82) is 0 Å². The first kappa shape index (κ1) is 21.7. The van der Waals surface area contributed by atoms with E-state index in [-0.39, 0.29) is 29.0 Å². The molecular weight excluding hydrogens is 358 g/mol. The Labute approximate surface area is 168 Å². The van der Waals surface area contributed by atoms with Gasteiger partial charge in [0.1, 0.15) is 18.5 Å². The molecule has 5 N–H and O–H groups in total. The smallest absolute Gasteiger partial charge is 0.332 e. The Morgan fingerprint density at radius 1 is 1.29 bits per heavy atom. The van der Waals surface area contributed by atoms with Crippen LogP contribution in [0.5, 0.6) is 0 Å². The van der Waals surface area contributed by atoms with Crippen molar-refractivity contribution in [2.24, 2.45) is 34.0 Å². The minimum Gasteiger partial charge on any atom is -0.460 e. The van der Waals surface area contributed by atoms with E-state index in [2.05, 4.69) is 33.4 Å². The molecule has 160 valence electrons. The second-order valence-electron chi connectivity index (χ2n) is 10.3. The van der Waals surface area contributed by atoms with Gasteiger partial charge in [0.15, 0.2) is 0 Å². The number of carbonyl (C=O) groups excluding carboxylic acids is 2. The lowest BCUT2D eigenvalue weighted by Crippen LogP contribution is -2.64. The molecule has 0 spiro atoms. The van der Waals surface area contributed by atoms with E-state index >= 15 is 0 Å². The van der Waals surface area contributed by atoms with Crippen LogP contribution in [0.1, 0.15) is 66.2 Å². The Morgan fingerprint density at radius 3 is 2.57 bits per heavy atom. The molecule has 3 fully saturated rings. The van der Waals surface area contributed by atoms with Crippen LogP contribution in [0.15, 0.2) is 0 Å². The lowest BCUT2D eigenvalue weighted by atomic mass is 9.43. The zero-order chi connectivity index (χ0) is 20.9. The van der Waals surface area contributed by atoms with Gasteiger partial charge in [-0.3, -0.25) is 4.79 Å². The normalized spacial score (nSPS) is 48.5. The van der Waals surface area contributed by atoms with Gasteiger partial charge >= 0.3 is 5.97 Å². The maximum atomic E-state index is 13.2. The van der Waals surface area contributed by atoms with E-state index in [0.29, 0.717) is 19.4 Å². The number of quaternary nitrogens is 1. The van der Waals surface area contributed by atoms with Crippen LogP contribution in [0.25, 0.3) is 0 Å². The van der Waals surface area contributed by atoms with Crippen molar-refractivity contribution in [3.63, 3.8) is 0 Å². The number of ketones is 1. The molecule has 3 saturated carbocycles. The molecule has 0 aromatic carbocycles. The lowest BCUT2D eigenvalue weighted by Gasteiger charge is -2.62. The lowest BCUT2D eigenvalue weighted by molar-refractivity contribution is -0.375. The molecule has 0 unspecified atom stereocenters. The highest BCUT2D eigenvalue weighted by Gasteiger charge is 2.68. The number of aliphatic hydroxyl groups excluding tert-OH is 2. The molecular formula is C22H38NO5+. The SMILES string of the molecule is C[C@@H]1CC[C@@]23CCC(=O)[C@H]2[C@]1(C)[C@H](OC(=O)CO)C[C@](C)(CC[NH3+])[C@@H](O)[C@@H]3C. The highest BCUT2D eigenvalue weighted by molar-refractivity contribution is 5.85. The van der Waals surface area contributed by atoms with Crippen molar-refractivity contribution < 1.29 is 30.3 Å². The number of carbonyl (C=O) groups is 2. The van der Waals surface area contributed by atoms with Crippen LogP contribution >= 0.6 is 0 Å². The first-order valence-electron chi connectivity index (χ1n) is 10.9. The van der Waals surface area contributed by atoms with Crippen LogP contribution in [0.2, 0.25) is 0 Å². The molecule has 6 heteroatoms. The van der Waals surface area contributed by atoms with Gasteiger partial charge in [-0.05, 0) is 42.9 Å². The van der Waals surface area contributed by atoms with Gasteiger partial charge in [-0.25, -0.2) is 4.79 Å². The van der Waals surface area contributed by atoms with E-state index < -0.39 is 35.6 Å². The third-order valence-electron chi connectivity index (χ3n) is 9.05. The molecule has 3 rings (SSSR count).